The van der Waals surface area contributed by atoms with E-state index in [1.165, 1.54) is 18.0 Å². The Balaban J connectivity index is 1.63. The first kappa shape index (κ1) is 18.8. The number of carboxylic acids is 1. The Labute approximate surface area is 166 Å². The molecule has 1 fully saturated rings. The lowest BCUT2D eigenvalue weighted by Crippen LogP contribution is -2.61. The zero-order valence-corrected chi connectivity index (χ0v) is 15.6. The standard InChI is InChI=1S/C21H19N3O5/c1-11(25)17-16-10-14(18(21(28)29)24(16)20(17)27)12-5-4-6-13(9-12)23-19(26)15-7-2-3-8-22-15/h2-9,11,16-17,25H,10H2,1H3,(H,23,26)(H,28,29)/t11-,16-,17-/m1/s1. The van der Waals surface area contributed by atoms with Crippen LogP contribution in [0.2, 0.25) is 0 Å². The first-order valence-corrected chi connectivity index (χ1v) is 9.19. The van der Waals surface area contributed by atoms with Gasteiger partial charge in [0.05, 0.1) is 18.1 Å². The summed E-state index contributed by atoms with van der Waals surface area (Å²) >= 11 is 0. The minimum Gasteiger partial charge on any atom is -0.477 e. The minimum absolute atomic E-state index is 0.0647. The fourth-order valence-corrected chi connectivity index (χ4v) is 4.00. The van der Waals surface area contributed by atoms with Crippen LogP contribution in [0.1, 0.15) is 29.4 Å². The van der Waals surface area contributed by atoms with Crippen molar-refractivity contribution < 1.29 is 24.6 Å². The highest BCUT2D eigenvalue weighted by Gasteiger charge is 2.56. The first-order valence-electron chi connectivity index (χ1n) is 9.19. The number of nitrogens with one attached hydrogen (secondary N) is 1. The van der Waals surface area contributed by atoms with Crippen LogP contribution in [0.15, 0.2) is 54.4 Å². The molecule has 0 saturated carbocycles. The van der Waals surface area contributed by atoms with Gasteiger partial charge in [-0.2, -0.15) is 0 Å². The molecule has 1 aromatic carbocycles. The van der Waals surface area contributed by atoms with Crippen LogP contribution in [0.4, 0.5) is 5.69 Å². The zero-order chi connectivity index (χ0) is 20.7. The molecule has 2 aliphatic rings. The maximum Gasteiger partial charge on any atom is 0.352 e. The highest BCUT2D eigenvalue weighted by atomic mass is 16.4. The lowest BCUT2D eigenvalue weighted by atomic mass is 9.82. The molecule has 0 unspecified atom stereocenters. The number of β-lactam (4-membered cyclic amide) rings is 1. The number of fused-ring (bicyclic) bond motifs is 1. The number of nitrogens with zero attached hydrogens (tertiary/aromatic N) is 2. The summed E-state index contributed by atoms with van der Waals surface area (Å²) in [5.74, 6) is -2.55. The third-order valence-electron chi connectivity index (χ3n) is 5.30. The Hall–Kier alpha value is -3.52. The number of aliphatic hydroxyl groups is 1. The molecule has 8 nitrogen and oxygen atoms in total. The number of aromatic nitrogens is 1. The molecule has 2 aromatic rings. The number of amides is 2. The summed E-state index contributed by atoms with van der Waals surface area (Å²) in [5, 5.41) is 22.3. The van der Waals surface area contributed by atoms with E-state index < -0.39 is 18.0 Å². The van der Waals surface area contributed by atoms with Crippen molar-refractivity contribution in [3.05, 3.63) is 65.6 Å². The van der Waals surface area contributed by atoms with E-state index in [0.717, 1.165) is 0 Å². The number of pyridine rings is 1. The van der Waals surface area contributed by atoms with Crippen LogP contribution in [0.3, 0.4) is 0 Å². The van der Waals surface area contributed by atoms with Crippen molar-refractivity contribution in [1.82, 2.24) is 9.88 Å². The molecule has 29 heavy (non-hydrogen) atoms. The molecule has 3 N–H and O–H groups in total. The van der Waals surface area contributed by atoms with Gasteiger partial charge in [0, 0.05) is 11.9 Å². The number of carboxylic acid groups (broad SMARTS) is 1. The van der Waals surface area contributed by atoms with Crippen molar-refractivity contribution in [2.45, 2.75) is 25.5 Å². The number of anilines is 1. The normalized spacial score (nSPS) is 21.4. The quantitative estimate of drug-likeness (QED) is 0.666. The van der Waals surface area contributed by atoms with E-state index in [9.17, 15) is 24.6 Å². The monoisotopic (exact) mass is 393 g/mol. The van der Waals surface area contributed by atoms with Crippen molar-refractivity contribution >= 4 is 29.0 Å². The van der Waals surface area contributed by atoms with Crippen molar-refractivity contribution in [1.29, 1.82) is 0 Å². The predicted molar refractivity (Wildman–Crippen MR) is 104 cm³/mol. The van der Waals surface area contributed by atoms with Crippen LogP contribution >= 0.6 is 0 Å². The lowest BCUT2D eigenvalue weighted by molar-refractivity contribution is -0.161. The number of aliphatic carboxylic acids is 1. The van der Waals surface area contributed by atoms with Crippen molar-refractivity contribution in [3.63, 3.8) is 0 Å². The second-order valence-corrected chi connectivity index (χ2v) is 7.13. The van der Waals surface area contributed by atoms with Gasteiger partial charge < -0.3 is 20.4 Å². The van der Waals surface area contributed by atoms with Gasteiger partial charge in [-0.15, -0.1) is 0 Å². The molecule has 8 heteroatoms. The number of rotatable bonds is 5. The second kappa shape index (κ2) is 7.14. The molecule has 4 rings (SSSR count). The molecule has 0 bridgehead atoms. The number of carbonyl (C=O) groups excluding carboxylic acids is 2. The highest BCUT2D eigenvalue weighted by Crippen LogP contribution is 2.47. The average molecular weight is 393 g/mol. The Morgan fingerprint density at radius 3 is 2.69 bits per heavy atom. The maximum atomic E-state index is 12.4. The minimum atomic E-state index is -1.19. The lowest BCUT2D eigenvalue weighted by Gasteiger charge is -2.44. The topological polar surface area (TPSA) is 120 Å². The van der Waals surface area contributed by atoms with Crippen molar-refractivity contribution in [3.8, 4) is 0 Å². The SMILES string of the molecule is C[C@@H](O)[C@H]1C(=O)N2C(C(=O)O)=C(c3cccc(NC(=O)c4ccccn4)c3)C[C@H]12. The smallest absolute Gasteiger partial charge is 0.352 e. The van der Waals surface area contributed by atoms with E-state index >= 15 is 0 Å². The van der Waals surface area contributed by atoms with E-state index in [1.54, 1.807) is 42.5 Å². The molecular weight excluding hydrogens is 374 g/mol. The van der Waals surface area contributed by atoms with E-state index in [0.29, 0.717) is 23.2 Å². The van der Waals surface area contributed by atoms with Gasteiger partial charge in [-0.25, -0.2) is 4.79 Å². The summed E-state index contributed by atoms with van der Waals surface area (Å²) in [6.07, 6.45) is 1.01. The second-order valence-electron chi connectivity index (χ2n) is 7.13. The molecule has 1 aromatic heterocycles. The molecule has 0 radical (unpaired) electrons. The first-order chi connectivity index (χ1) is 13.9. The Bertz CT molecular complexity index is 1030. The number of carbonyl (C=O) groups is 3. The molecule has 148 valence electrons. The zero-order valence-electron chi connectivity index (χ0n) is 15.6. The molecule has 3 atom stereocenters. The third kappa shape index (κ3) is 3.17. The summed E-state index contributed by atoms with van der Waals surface area (Å²) in [6, 6.07) is 11.5. The van der Waals surface area contributed by atoms with E-state index in [4.69, 9.17) is 0 Å². The summed E-state index contributed by atoms with van der Waals surface area (Å²) in [6.45, 7) is 1.53. The van der Waals surface area contributed by atoms with Crippen LogP contribution in [0, 0.1) is 5.92 Å². The van der Waals surface area contributed by atoms with Gasteiger partial charge in [0.25, 0.3) is 5.91 Å². The number of hydrogen-bond donors (Lipinski definition) is 3. The third-order valence-corrected chi connectivity index (χ3v) is 5.30. The molecule has 2 aliphatic heterocycles. The van der Waals surface area contributed by atoms with Crippen molar-refractivity contribution in [2.75, 3.05) is 5.32 Å². The summed E-state index contributed by atoms with van der Waals surface area (Å²) in [4.78, 5) is 41.8. The van der Waals surface area contributed by atoms with Gasteiger partial charge in [-0.3, -0.25) is 14.6 Å². The van der Waals surface area contributed by atoms with Gasteiger partial charge in [0.15, 0.2) is 0 Å². The molecule has 1 saturated heterocycles. The predicted octanol–water partition coefficient (Wildman–Crippen LogP) is 1.74. The average Bonchev–Trinajstić information content (AvgIpc) is 3.04. The van der Waals surface area contributed by atoms with Crippen LogP contribution in [-0.4, -0.2) is 50.0 Å². The van der Waals surface area contributed by atoms with Gasteiger partial charge in [-0.1, -0.05) is 18.2 Å². The molecular formula is C21H19N3O5. The summed E-state index contributed by atoms with van der Waals surface area (Å²) in [5.41, 5.74) is 1.80. The molecule has 2 amide bonds. The van der Waals surface area contributed by atoms with Gasteiger partial charge in [0.1, 0.15) is 11.4 Å². The maximum absolute atomic E-state index is 12.4. The van der Waals surface area contributed by atoms with E-state index in [1.807, 2.05) is 0 Å². The largest absolute Gasteiger partial charge is 0.477 e. The van der Waals surface area contributed by atoms with E-state index in [2.05, 4.69) is 10.3 Å². The Morgan fingerprint density at radius 1 is 1.24 bits per heavy atom. The molecule has 3 heterocycles. The number of benzene rings is 1. The van der Waals surface area contributed by atoms with Crippen LogP contribution < -0.4 is 5.32 Å². The van der Waals surface area contributed by atoms with Crippen LogP contribution in [-0.2, 0) is 9.59 Å². The van der Waals surface area contributed by atoms with Crippen LogP contribution in [0.5, 0.6) is 0 Å². The van der Waals surface area contributed by atoms with Gasteiger partial charge >= 0.3 is 5.97 Å². The van der Waals surface area contributed by atoms with Gasteiger partial charge in [-0.05, 0) is 48.7 Å². The highest BCUT2D eigenvalue weighted by molar-refractivity contribution is 6.07. The fraction of sp³-hybridized carbons (Fsp3) is 0.238. The Morgan fingerprint density at radius 2 is 2.03 bits per heavy atom. The Kier molecular flexibility index (Phi) is 4.63. The van der Waals surface area contributed by atoms with Crippen LogP contribution in [0.25, 0.3) is 5.57 Å². The molecule has 0 spiro atoms. The summed E-state index contributed by atoms with van der Waals surface area (Å²) < 4.78 is 0. The van der Waals surface area contributed by atoms with Gasteiger partial charge in [0.2, 0.25) is 5.91 Å². The molecule has 0 aliphatic carbocycles. The van der Waals surface area contributed by atoms with E-state index in [-0.39, 0.29) is 29.2 Å². The number of aliphatic hydroxyl groups excluding tert-OH is 1. The summed E-state index contributed by atoms with van der Waals surface area (Å²) in [7, 11) is 0. The van der Waals surface area contributed by atoms with Crippen molar-refractivity contribution in [2.24, 2.45) is 5.92 Å². The fourth-order valence-electron chi connectivity index (χ4n) is 4.00. The number of hydrogen-bond acceptors (Lipinski definition) is 5.